The number of hydrogen-bond acceptors (Lipinski definition) is 6. The summed E-state index contributed by atoms with van der Waals surface area (Å²) in [6, 6.07) is 2.35. The van der Waals surface area contributed by atoms with Crippen molar-refractivity contribution in [3.63, 3.8) is 0 Å². The van der Waals surface area contributed by atoms with Crippen LogP contribution < -0.4 is 15.4 Å². The van der Waals surface area contributed by atoms with Gasteiger partial charge in [-0.1, -0.05) is 11.6 Å². The lowest BCUT2D eigenvalue weighted by Gasteiger charge is -2.12. The van der Waals surface area contributed by atoms with E-state index in [0.717, 1.165) is 6.07 Å². The number of rotatable bonds is 6. The Kier molecular flexibility index (Phi) is 4.94. The van der Waals surface area contributed by atoms with Crippen molar-refractivity contribution >= 4 is 29.1 Å². The molecule has 0 saturated carbocycles. The predicted molar refractivity (Wildman–Crippen MR) is 89.1 cm³/mol. The molecule has 3 N–H and O–H groups in total. The number of benzene rings is 1. The molecule has 25 heavy (non-hydrogen) atoms. The second-order valence-electron chi connectivity index (χ2n) is 4.90. The van der Waals surface area contributed by atoms with Gasteiger partial charge >= 0.3 is 0 Å². The molecule has 2 heterocycles. The number of anilines is 3. The summed E-state index contributed by atoms with van der Waals surface area (Å²) in [6.45, 7) is -0.170. The van der Waals surface area contributed by atoms with Crippen molar-refractivity contribution in [2.75, 3.05) is 17.7 Å². The van der Waals surface area contributed by atoms with E-state index in [2.05, 4.69) is 30.8 Å². The number of hydrogen-bond donors (Lipinski definition) is 3. The summed E-state index contributed by atoms with van der Waals surface area (Å²) >= 11 is 6.04. The van der Waals surface area contributed by atoms with Gasteiger partial charge in [-0.2, -0.15) is 10.1 Å². The van der Waals surface area contributed by atoms with Crippen molar-refractivity contribution in [1.29, 1.82) is 0 Å². The first kappa shape index (κ1) is 16.9. The number of H-pyrrole nitrogens is 1. The topological polar surface area (TPSA) is 87.8 Å². The van der Waals surface area contributed by atoms with E-state index in [1.54, 1.807) is 12.4 Å². The molecular formula is C15H13ClF2N6O. The zero-order valence-electron chi connectivity index (χ0n) is 13.0. The summed E-state index contributed by atoms with van der Waals surface area (Å²) in [7, 11) is 1.31. The van der Waals surface area contributed by atoms with E-state index < -0.39 is 11.6 Å². The van der Waals surface area contributed by atoms with Gasteiger partial charge in [0.1, 0.15) is 10.8 Å². The number of methoxy groups -OCH3 is 1. The molecular weight excluding hydrogens is 354 g/mol. The van der Waals surface area contributed by atoms with E-state index in [0.29, 0.717) is 5.69 Å². The normalized spacial score (nSPS) is 10.6. The fourth-order valence-electron chi connectivity index (χ4n) is 2.07. The van der Waals surface area contributed by atoms with Gasteiger partial charge in [0.2, 0.25) is 5.95 Å². The van der Waals surface area contributed by atoms with Gasteiger partial charge in [-0.05, 0) is 12.1 Å². The molecule has 3 aromatic rings. The average molecular weight is 367 g/mol. The van der Waals surface area contributed by atoms with Crippen molar-refractivity contribution in [2.45, 2.75) is 6.54 Å². The molecule has 1 aromatic carbocycles. The molecule has 0 unspecified atom stereocenters. The SMILES string of the molecule is COc1ccc(F)c(CNc2nc(Nc3cn[nH]c3)ncc2Cl)c1F. The summed E-state index contributed by atoms with van der Waals surface area (Å²) in [6.07, 6.45) is 4.54. The first-order valence-corrected chi connectivity index (χ1v) is 7.49. The van der Waals surface area contributed by atoms with E-state index in [-0.39, 0.29) is 34.6 Å². The molecule has 0 spiro atoms. The van der Waals surface area contributed by atoms with Crippen molar-refractivity contribution in [3.8, 4) is 5.75 Å². The van der Waals surface area contributed by atoms with Gasteiger partial charge in [-0.25, -0.2) is 13.8 Å². The number of halogens is 3. The van der Waals surface area contributed by atoms with Crippen molar-refractivity contribution in [3.05, 3.63) is 52.9 Å². The molecule has 0 aliphatic rings. The monoisotopic (exact) mass is 366 g/mol. The molecule has 0 radical (unpaired) electrons. The maximum absolute atomic E-state index is 14.2. The van der Waals surface area contributed by atoms with Crippen LogP contribution in [0.4, 0.5) is 26.2 Å². The number of aromatic nitrogens is 4. The minimum absolute atomic E-state index is 0.0469. The lowest BCUT2D eigenvalue weighted by molar-refractivity contribution is 0.381. The highest BCUT2D eigenvalue weighted by Gasteiger charge is 2.15. The van der Waals surface area contributed by atoms with E-state index in [4.69, 9.17) is 16.3 Å². The lowest BCUT2D eigenvalue weighted by atomic mass is 10.2. The second-order valence-corrected chi connectivity index (χ2v) is 5.31. The minimum atomic E-state index is -0.781. The third-order valence-electron chi connectivity index (χ3n) is 3.30. The number of ether oxygens (including phenoxy) is 1. The van der Waals surface area contributed by atoms with Crippen LogP contribution in [-0.2, 0) is 6.54 Å². The maximum Gasteiger partial charge on any atom is 0.229 e. The van der Waals surface area contributed by atoms with Gasteiger partial charge in [-0.15, -0.1) is 0 Å². The van der Waals surface area contributed by atoms with E-state index in [9.17, 15) is 8.78 Å². The zero-order valence-corrected chi connectivity index (χ0v) is 13.7. The van der Waals surface area contributed by atoms with E-state index in [1.165, 1.54) is 19.4 Å². The maximum atomic E-state index is 14.2. The van der Waals surface area contributed by atoms with Crippen LogP contribution in [-0.4, -0.2) is 27.3 Å². The first-order chi connectivity index (χ1) is 12.1. The number of aromatic amines is 1. The van der Waals surface area contributed by atoms with Crippen LogP contribution in [0, 0.1) is 11.6 Å². The van der Waals surface area contributed by atoms with Crippen molar-refractivity contribution < 1.29 is 13.5 Å². The van der Waals surface area contributed by atoms with Crippen molar-refractivity contribution in [1.82, 2.24) is 20.2 Å². The quantitative estimate of drug-likeness (QED) is 0.619. The third kappa shape index (κ3) is 3.77. The van der Waals surface area contributed by atoms with Gasteiger partial charge in [0.25, 0.3) is 0 Å². The Bertz CT molecular complexity index is 875. The van der Waals surface area contributed by atoms with Gasteiger partial charge < -0.3 is 15.4 Å². The molecule has 0 amide bonds. The Morgan fingerprint density at radius 3 is 2.84 bits per heavy atom. The summed E-state index contributed by atoms with van der Waals surface area (Å²) in [5.74, 6) is -1.05. The van der Waals surface area contributed by atoms with Gasteiger partial charge in [-0.3, -0.25) is 5.10 Å². The fraction of sp³-hybridized carbons (Fsp3) is 0.133. The standard InChI is InChI=1S/C15H13ClF2N6O/c1-25-12-3-2-11(17)9(13(12)18)6-19-14-10(16)7-20-15(24-14)23-8-4-21-22-5-8/h2-5,7H,6H2,1H3,(H,21,22)(H2,19,20,23,24). The minimum Gasteiger partial charge on any atom is -0.494 e. The summed E-state index contributed by atoms with van der Waals surface area (Å²) in [5, 5.41) is 12.3. The Morgan fingerprint density at radius 2 is 2.12 bits per heavy atom. The Hall–Kier alpha value is -2.94. The zero-order chi connectivity index (χ0) is 17.8. The molecule has 130 valence electrons. The summed E-state index contributed by atoms with van der Waals surface area (Å²) in [5.41, 5.74) is 0.469. The van der Waals surface area contributed by atoms with Crippen LogP contribution >= 0.6 is 11.6 Å². The van der Waals surface area contributed by atoms with Crippen LogP contribution in [0.1, 0.15) is 5.56 Å². The Labute approximate surface area is 146 Å². The molecule has 0 fully saturated rings. The Balaban J connectivity index is 1.79. The van der Waals surface area contributed by atoms with Gasteiger partial charge in [0.15, 0.2) is 17.4 Å². The van der Waals surface area contributed by atoms with Crippen LogP contribution in [0.15, 0.2) is 30.7 Å². The van der Waals surface area contributed by atoms with Gasteiger partial charge in [0, 0.05) is 18.3 Å². The molecule has 3 rings (SSSR count). The third-order valence-corrected chi connectivity index (χ3v) is 3.58. The smallest absolute Gasteiger partial charge is 0.229 e. The number of nitrogens with zero attached hydrogens (tertiary/aromatic N) is 3. The fourth-order valence-corrected chi connectivity index (χ4v) is 2.23. The molecule has 0 atom stereocenters. The van der Waals surface area contributed by atoms with Gasteiger partial charge in [0.05, 0.1) is 25.2 Å². The molecule has 0 saturated heterocycles. The molecule has 2 aromatic heterocycles. The molecule has 0 aliphatic carbocycles. The average Bonchev–Trinajstić information content (AvgIpc) is 3.10. The highest BCUT2D eigenvalue weighted by atomic mass is 35.5. The predicted octanol–water partition coefficient (Wildman–Crippen LogP) is 3.50. The highest BCUT2D eigenvalue weighted by Crippen LogP contribution is 2.26. The van der Waals surface area contributed by atoms with Crippen LogP contribution in [0.3, 0.4) is 0 Å². The van der Waals surface area contributed by atoms with Crippen LogP contribution in [0.25, 0.3) is 0 Å². The van der Waals surface area contributed by atoms with Crippen LogP contribution in [0.2, 0.25) is 5.02 Å². The summed E-state index contributed by atoms with van der Waals surface area (Å²) < 4.78 is 32.9. The molecule has 7 nitrogen and oxygen atoms in total. The van der Waals surface area contributed by atoms with E-state index >= 15 is 0 Å². The van der Waals surface area contributed by atoms with E-state index in [1.807, 2.05) is 0 Å². The van der Waals surface area contributed by atoms with Crippen LogP contribution in [0.5, 0.6) is 5.75 Å². The second kappa shape index (κ2) is 7.31. The summed E-state index contributed by atoms with van der Waals surface area (Å²) in [4.78, 5) is 8.21. The lowest BCUT2D eigenvalue weighted by Crippen LogP contribution is -2.08. The first-order valence-electron chi connectivity index (χ1n) is 7.11. The molecule has 0 bridgehead atoms. The Morgan fingerprint density at radius 1 is 1.28 bits per heavy atom. The largest absolute Gasteiger partial charge is 0.494 e. The van der Waals surface area contributed by atoms with Crippen molar-refractivity contribution in [2.24, 2.45) is 0 Å². The highest BCUT2D eigenvalue weighted by molar-refractivity contribution is 6.32. The number of nitrogens with one attached hydrogen (secondary N) is 3. The molecule has 10 heteroatoms. The molecule has 0 aliphatic heterocycles.